The molecule has 0 aliphatic heterocycles. The highest BCUT2D eigenvalue weighted by Gasteiger charge is 2.07. The van der Waals surface area contributed by atoms with Crippen LogP contribution in [0, 0.1) is 6.92 Å². The molecule has 0 spiro atoms. The fourth-order valence-corrected chi connectivity index (χ4v) is 2.02. The second-order valence-corrected chi connectivity index (χ2v) is 5.10. The number of carbonyl (C=O) groups excluding carboxylic acids is 1. The highest BCUT2D eigenvalue weighted by Crippen LogP contribution is 2.22. The van der Waals surface area contributed by atoms with Gasteiger partial charge < -0.3 is 15.5 Å². The van der Waals surface area contributed by atoms with Crippen LogP contribution in [0.3, 0.4) is 0 Å². The van der Waals surface area contributed by atoms with E-state index in [1.165, 1.54) is 18.2 Å². The quantitative estimate of drug-likeness (QED) is 0.503. The van der Waals surface area contributed by atoms with Crippen LogP contribution in [0.4, 0.5) is 5.69 Å². The van der Waals surface area contributed by atoms with E-state index in [1.807, 2.05) is 31.2 Å². The third-order valence-electron chi connectivity index (χ3n) is 3.30. The van der Waals surface area contributed by atoms with Crippen molar-refractivity contribution in [3.05, 3.63) is 53.6 Å². The first kappa shape index (κ1) is 16.4. The first-order valence-electron chi connectivity index (χ1n) is 7.12. The summed E-state index contributed by atoms with van der Waals surface area (Å²) < 4.78 is 0. The molecule has 6 heteroatoms. The topological polar surface area (TPSA) is 94.0 Å². The first-order valence-corrected chi connectivity index (χ1v) is 7.12. The van der Waals surface area contributed by atoms with Crippen LogP contribution < -0.4 is 10.7 Å². The Labute approximate surface area is 134 Å². The van der Waals surface area contributed by atoms with E-state index in [-0.39, 0.29) is 24.0 Å². The van der Waals surface area contributed by atoms with Crippen molar-refractivity contribution in [2.45, 2.75) is 13.8 Å². The van der Waals surface area contributed by atoms with E-state index in [0.717, 1.165) is 11.3 Å². The Morgan fingerprint density at radius 3 is 2.61 bits per heavy atom. The molecule has 0 fully saturated rings. The molecule has 0 saturated carbocycles. The lowest BCUT2D eigenvalue weighted by Crippen LogP contribution is -2.27. The number of para-hydroxylation sites is 1. The molecule has 6 nitrogen and oxygen atoms in total. The average molecular weight is 313 g/mol. The van der Waals surface area contributed by atoms with Crippen molar-refractivity contribution in [2.24, 2.45) is 5.10 Å². The molecule has 2 aromatic rings. The molecule has 1 amide bonds. The minimum Gasteiger partial charge on any atom is -0.508 e. The number of hydrazone groups is 1. The standard InChI is InChI=1S/C17H19N3O3/c1-11-5-3-4-6-15(11)18-10-17(23)20-19-12(2)14-8-7-13(21)9-16(14)22/h3-9,18,21-22H,10H2,1-2H3,(H,20,23)/b19-12-. The zero-order valence-electron chi connectivity index (χ0n) is 13.0. The van der Waals surface area contributed by atoms with Gasteiger partial charge in [0.25, 0.3) is 5.91 Å². The normalized spacial score (nSPS) is 11.1. The molecule has 0 bridgehead atoms. The van der Waals surface area contributed by atoms with Crippen LogP contribution >= 0.6 is 0 Å². The number of rotatable bonds is 5. The number of aryl methyl sites for hydroxylation is 1. The maximum Gasteiger partial charge on any atom is 0.259 e. The van der Waals surface area contributed by atoms with Crippen LogP contribution in [0.5, 0.6) is 11.5 Å². The molecule has 0 aromatic heterocycles. The number of amides is 1. The van der Waals surface area contributed by atoms with Crippen molar-refractivity contribution in [1.82, 2.24) is 5.43 Å². The number of hydrogen-bond acceptors (Lipinski definition) is 5. The van der Waals surface area contributed by atoms with Gasteiger partial charge in [0.05, 0.1) is 12.3 Å². The van der Waals surface area contributed by atoms with Gasteiger partial charge in [-0.15, -0.1) is 0 Å². The lowest BCUT2D eigenvalue weighted by Gasteiger charge is -2.09. The molecular formula is C17H19N3O3. The lowest BCUT2D eigenvalue weighted by atomic mass is 10.1. The second kappa shape index (κ2) is 7.31. The van der Waals surface area contributed by atoms with Crippen LogP contribution in [0.15, 0.2) is 47.6 Å². The summed E-state index contributed by atoms with van der Waals surface area (Å²) in [6.07, 6.45) is 0. The van der Waals surface area contributed by atoms with Crippen LogP contribution in [-0.4, -0.2) is 28.4 Å². The molecular weight excluding hydrogens is 294 g/mol. The Morgan fingerprint density at radius 2 is 1.91 bits per heavy atom. The van der Waals surface area contributed by atoms with Crippen molar-refractivity contribution in [3.63, 3.8) is 0 Å². The van der Waals surface area contributed by atoms with Gasteiger partial charge in [-0.2, -0.15) is 5.10 Å². The fourth-order valence-electron chi connectivity index (χ4n) is 2.02. The minimum atomic E-state index is -0.300. The number of carbonyl (C=O) groups is 1. The molecule has 0 heterocycles. The molecule has 0 saturated heterocycles. The van der Waals surface area contributed by atoms with Gasteiger partial charge in [0.1, 0.15) is 11.5 Å². The molecule has 2 rings (SSSR count). The Balaban J connectivity index is 1.94. The second-order valence-electron chi connectivity index (χ2n) is 5.10. The van der Waals surface area contributed by atoms with Gasteiger partial charge in [-0.3, -0.25) is 4.79 Å². The largest absolute Gasteiger partial charge is 0.508 e. The van der Waals surface area contributed by atoms with Crippen LogP contribution in [0.25, 0.3) is 0 Å². The van der Waals surface area contributed by atoms with E-state index in [4.69, 9.17) is 0 Å². The first-order chi connectivity index (χ1) is 11.0. The van der Waals surface area contributed by atoms with Gasteiger partial charge in [0.2, 0.25) is 0 Å². The van der Waals surface area contributed by atoms with Crippen molar-refractivity contribution >= 4 is 17.3 Å². The molecule has 0 atom stereocenters. The third-order valence-corrected chi connectivity index (χ3v) is 3.30. The number of phenols is 2. The van der Waals surface area contributed by atoms with Gasteiger partial charge >= 0.3 is 0 Å². The molecule has 0 unspecified atom stereocenters. The monoisotopic (exact) mass is 313 g/mol. The van der Waals surface area contributed by atoms with Crippen molar-refractivity contribution in [2.75, 3.05) is 11.9 Å². The van der Waals surface area contributed by atoms with E-state index in [2.05, 4.69) is 15.8 Å². The Morgan fingerprint density at radius 1 is 1.17 bits per heavy atom. The number of nitrogens with one attached hydrogen (secondary N) is 2. The molecule has 2 aromatic carbocycles. The van der Waals surface area contributed by atoms with Gasteiger partial charge in [-0.1, -0.05) is 18.2 Å². The van der Waals surface area contributed by atoms with E-state index in [1.54, 1.807) is 6.92 Å². The molecule has 120 valence electrons. The van der Waals surface area contributed by atoms with Gasteiger partial charge in [0, 0.05) is 17.3 Å². The minimum absolute atomic E-state index is 0.0366. The highest BCUT2D eigenvalue weighted by atomic mass is 16.3. The number of hydrogen-bond donors (Lipinski definition) is 4. The number of aromatic hydroxyl groups is 2. The highest BCUT2D eigenvalue weighted by molar-refractivity contribution is 6.01. The molecule has 0 aliphatic rings. The number of nitrogens with zero attached hydrogens (tertiary/aromatic N) is 1. The third kappa shape index (κ3) is 4.47. The average Bonchev–Trinajstić information content (AvgIpc) is 2.52. The Bertz CT molecular complexity index is 742. The zero-order chi connectivity index (χ0) is 16.8. The maximum atomic E-state index is 11.8. The van der Waals surface area contributed by atoms with Gasteiger partial charge in [0.15, 0.2) is 0 Å². The van der Waals surface area contributed by atoms with Crippen LogP contribution in [0.2, 0.25) is 0 Å². The van der Waals surface area contributed by atoms with Gasteiger partial charge in [-0.05, 0) is 37.6 Å². The summed E-state index contributed by atoms with van der Waals surface area (Å²) in [5, 5.41) is 26.0. The fraction of sp³-hybridized carbons (Fsp3) is 0.176. The van der Waals surface area contributed by atoms with Crippen molar-refractivity contribution in [3.8, 4) is 11.5 Å². The van der Waals surface area contributed by atoms with Crippen LogP contribution in [0.1, 0.15) is 18.1 Å². The summed E-state index contributed by atoms with van der Waals surface area (Å²) >= 11 is 0. The summed E-state index contributed by atoms with van der Waals surface area (Å²) in [7, 11) is 0. The van der Waals surface area contributed by atoms with E-state index in [0.29, 0.717) is 11.3 Å². The number of anilines is 1. The zero-order valence-corrected chi connectivity index (χ0v) is 13.0. The summed E-state index contributed by atoms with van der Waals surface area (Å²) in [5.74, 6) is -0.435. The number of phenolic OH excluding ortho intramolecular Hbond substituents is 2. The predicted octanol–water partition coefficient (Wildman–Crippen LogP) is 2.36. The van der Waals surface area contributed by atoms with E-state index < -0.39 is 0 Å². The lowest BCUT2D eigenvalue weighted by molar-refractivity contribution is -0.119. The smallest absolute Gasteiger partial charge is 0.259 e. The van der Waals surface area contributed by atoms with E-state index >= 15 is 0 Å². The Kier molecular flexibility index (Phi) is 5.19. The summed E-state index contributed by atoms with van der Waals surface area (Å²) in [6.45, 7) is 3.69. The Hall–Kier alpha value is -3.02. The molecule has 4 N–H and O–H groups in total. The van der Waals surface area contributed by atoms with Crippen molar-refractivity contribution in [1.29, 1.82) is 0 Å². The van der Waals surface area contributed by atoms with Crippen LogP contribution in [-0.2, 0) is 4.79 Å². The van der Waals surface area contributed by atoms with E-state index in [9.17, 15) is 15.0 Å². The number of benzene rings is 2. The SMILES string of the molecule is C/C(=N/NC(=O)CNc1ccccc1C)c1ccc(O)cc1O. The van der Waals surface area contributed by atoms with Gasteiger partial charge in [-0.25, -0.2) is 5.43 Å². The molecule has 0 aliphatic carbocycles. The summed E-state index contributed by atoms with van der Waals surface area (Å²) in [6, 6.07) is 11.9. The maximum absolute atomic E-state index is 11.8. The summed E-state index contributed by atoms with van der Waals surface area (Å²) in [5.41, 5.74) is 5.24. The van der Waals surface area contributed by atoms with Crippen molar-refractivity contribution < 1.29 is 15.0 Å². The predicted molar refractivity (Wildman–Crippen MR) is 89.8 cm³/mol. The summed E-state index contributed by atoms with van der Waals surface area (Å²) in [4.78, 5) is 11.8. The molecule has 23 heavy (non-hydrogen) atoms. The molecule has 0 radical (unpaired) electrons.